The Labute approximate surface area is 194 Å². The molecule has 2 aromatic heterocycles. The van der Waals surface area contributed by atoms with Crippen molar-refractivity contribution in [2.45, 2.75) is 84.3 Å². The molecule has 0 saturated heterocycles. The van der Waals surface area contributed by atoms with Crippen LogP contribution < -0.4 is 10.2 Å². The first-order chi connectivity index (χ1) is 15.8. The number of aromatic nitrogens is 1. The molecule has 1 fully saturated rings. The molecule has 6 heteroatoms. The monoisotopic (exact) mass is 447 g/mol. The van der Waals surface area contributed by atoms with Gasteiger partial charge in [0.1, 0.15) is 17.0 Å². The summed E-state index contributed by atoms with van der Waals surface area (Å²) >= 11 is 0. The number of nitrogens with zero attached hydrogens (tertiary/aromatic N) is 2. The van der Waals surface area contributed by atoms with Gasteiger partial charge in [-0.3, -0.25) is 14.5 Å². The lowest BCUT2D eigenvalue weighted by atomic mass is 9.92. The molecule has 2 amide bonds. The first kappa shape index (κ1) is 21.8. The van der Waals surface area contributed by atoms with E-state index in [1.165, 1.54) is 12.8 Å². The summed E-state index contributed by atoms with van der Waals surface area (Å²) in [5.41, 5.74) is 4.05. The molecular formula is C27H33N3O3. The summed E-state index contributed by atoms with van der Waals surface area (Å²) in [7, 11) is 0. The predicted molar refractivity (Wildman–Crippen MR) is 130 cm³/mol. The maximum atomic E-state index is 13.9. The Morgan fingerprint density at radius 3 is 2.45 bits per heavy atom. The zero-order valence-corrected chi connectivity index (χ0v) is 20.0. The van der Waals surface area contributed by atoms with Gasteiger partial charge >= 0.3 is 0 Å². The van der Waals surface area contributed by atoms with E-state index in [0.29, 0.717) is 17.8 Å². The predicted octanol–water partition coefficient (Wildman–Crippen LogP) is 5.42. The molecule has 1 N–H and O–H groups in total. The number of aryl methyl sites for hydroxylation is 3. The fraction of sp³-hybridized carbons (Fsp3) is 0.481. The smallest absolute Gasteiger partial charge is 0.276 e. The van der Waals surface area contributed by atoms with Gasteiger partial charge in [-0.1, -0.05) is 31.7 Å². The normalized spacial score (nSPS) is 21.8. The first-order valence-electron chi connectivity index (χ1n) is 12.1. The number of rotatable bonds is 3. The summed E-state index contributed by atoms with van der Waals surface area (Å²) in [5, 5.41) is 3.32. The summed E-state index contributed by atoms with van der Waals surface area (Å²) in [6, 6.07) is 9.89. The van der Waals surface area contributed by atoms with Gasteiger partial charge in [-0.2, -0.15) is 0 Å². The number of hydrogen-bond donors (Lipinski definition) is 1. The van der Waals surface area contributed by atoms with Gasteiger partial charge in [-0.25, -0.2) is 0 Å². The summed E-state index contributed by atoms with van der Waals surface area (Å²) in [5.74, 6) is 0.532. The van der Waals surface area contributed by atoms with E-state index in [9.17, 15) is 9.59 Å². The van der Waals surface area contributed by atoms with Crippen molar-refractivity contribution in [1.82, 2.24) is 9.88 Å². The molecule has 6 nitrogen and oxygen atoms in total. The van der Waals surface area contributed by atoms with Gasteiger partial charge in [-0.15, -0.1) is 0 Å². The third-order valence-electron chi connectivity index (χ3n) is 7.52. The van der Waals surface area contributed by atoms with Gasteiger partial charge in [0.2, 0.25) is 5.91 Å². The van der Waals surface area contributed by atoms with Gasteiger partial charge in [0.15, 0.2) is 5.58 Å². The number of carbonyl (C=O) groups is 2. The SMILES string of the molecule is Cc1cc2c(cc3n2C[C@@](C)(C(=O)NC2CCCCCC2)N(c2ccc(C)c(C)c2)C3=O)o1. The highest BCUT2D eigenvalue weighted by molar-refractivity contribution is 6.13. The molecule has 1 aromatic carbocycles. The molecule has 0 bridgehead atoms. The number of benzene rings is 1. The molecule has 0 unspecified atom stereocenters. The molecule has 0 radical (unpaired) electrons. The fourth-order valence-corrected chi connectivity index (χ4v) is 5.43. The lowest BCUT2D eigenvalue weighted by Crippen LogP contribution is -2.65. The van der Waals surface area contributed by atoms with Crippen LogP contribution in [0.25, 0.3) is 11.1 Å². The zero-order chi connectivity index (χ0) is 23.3. The highest BCUT2D eigenvalue weighted by Gasteiger charge is 2.49. The number of hydrogen-bond acceptors (Lipinski definition) is 3. The number of amides is 2. The van der Waals surface area contributed by atoms with E-state index in [0.717, 1.165) is 53.8 Å². The summed E-state index contributed by atoms with van der Waals surface area (Å²) in [6.07, 6.45) is 6.72. The minimum atomic E-state index is -1.06. The maximum absolute atomic E-state index is 13.9. The van der Waals surface area contributed by atoms with E-state index >= 15 is 0 Å². The van der Waals surface area contributed by atoms with Crippen LogP contribution in [-0.2, 0) is 11.3 Å². The quantitative estimate of drug-likeness (QED) is 0.545. The Hall–Kier alpha value is -3.02. The van der Waals surface area contributed by atoms with Crippen LogP contribution in [0.5, 0.6) is 0 Å². The maximum Gasteiger partial charge on any atom is 0.276 e. The second kappa shape index (κ2) is 8.08. The van der Waals surface area contributed by atoms with E-state index in [-0.39, 0.29) is 17.9 Å². The number of anilines is 1. The van der Waals surface area contributed by atoms with Crippen molar-refractivity contribution in [3.63, 3.8) is 0 Å². The van der Waals surface area contributed by atoms with Gasteiger partial charge in [0.05, 0.1) is 12.1 Å². The molecule has 1 atom stereocenters. The zero-order valence-electron chi connectivity index (χ0n) is 20.0. The fourth-order valence-electron chi connectivity index (χ4n) is 5.43. The molecule has 0 spiro atoms. The van der Waals surface area contributed by atoms with E-state index in [4.69, 9.17) is 4.42 Å². The third kappa shape index (κ3) is 3.65. The van der Waals surface area contributed by atoms with Gasteiger partial charge in [-0.05, 0) is 63.8 Å². The van der Waals surface area contributed by atoms with Crippen LogP contribution in [0.2, 0.25) is 0 Å². The number of nitrogens with one attached hydrogen (secondary N) is 1. The molecular weight excluding hydrogens is 414 g/mol. The van der Waals surface area contributed by atoms with Crippen molar-refractivity contribution in [3.05, 3.63) is 52.9 Å². The highest BCUT2D eigenvalue weighted by Crippen LogP contribution is 2.37. The molecule has 3 heterocycles. The van der Waals surface area contributed by atoms with Crippen LogP contribution in [0, 0.1) is 20.8 Å². The number of carbonyl (C=O) groups excluding carboxylic acids is 2. The van der Waals surface area contributed by atoms with Crippen LogP contribution in [0.1, 0.15) is 72.8 Å². The standard InChI is InChI=1S/C27H33N3O3/c1-17-11-12-21(13-18(17)2)30-25(31)23-15-24-22(14-19(3)33-24)29(23)16-27(30,4)26(32)28-20-9-7-5-6-8-10-20/h11-15,20H,5-10,16H2,1-4H3,(H,28,32)/t27-/m0/s1. The molecule has 174 valence electrons. The van der Waals surface area contributed by atoms with E-state index in [1.54, 1.807) is 4.90 Å². The Balaban J connectivity index is 1.60. The summed E-state index contributed by atoms with van der Waals surface area (Å²) in [6.45, 7) is 8.26. The van der Waals surface area contributed by atoms with Crippen molar-refractivity contribution < 1.29 is 14.0 Å². The summed E-state index contributed by atoms with van der Waals surface area (Å²) in [4.78, 5) is 29.5. The molecule has 1 saturated carbocycles. The van der Waals surface area contributed by atoms with Crippen LogP contribution in [-0.4, -0.2) is 28.0 Å². The van der Waals surface area contributed by atoms with Gasteiger partial charge < -0.3 is 14.3 Å². The summed E-state index contributed by atoms with van der Waals surface area (Å²) < 4.78 is 7.77. The Morgan fingerprint density at radius 2 is 1.76 bits per heavy atom. The third-order valence-corrected chi connectivity index (χ3v) is 7.52. The van der Waals surface area contributed by atoms with Gasteiger partial charge in [0, 0.05) is 23.9 Å². The Morgan fingerprint density at radius 1 is 1.03 bits per heavy atom. The Kier molecular flexibility index (Phi) is 5.34. The molecule has 33 heavy (non-hydrogen) atoms. The molecule has 1 aliphatic heterocycles. The highest BCUT2D eigenvalue weighted by atomic mass is 16.3. The van der Waals surface area contributed by atoms with Crippen molar-refractivity contribution in [2.75, 3.05) is 4.90 Å². The second-order valence-corrected chi connectivity index (χ2v) is 10.1. The van der Waals surface area contributed by atoms with Crippen molar-refractivity contribution in [3.8, 4) is 0 Å². The topological polar surface area (TPSA) is 67.5 Å². The van der Waals surface area contributed by atoms with Crippen LogP contribution >= 0.6 is 0 Å². The number of fused-ring (bicyclic) bond motifs is 3. The van der Waals surface area contributed by atoms with Gasteiger partial charge in [0.25, 0.3) is 5.91 Å². The minimum Gasteiger partial charge on any atom is -0.460 e. The van der Waals surface area contributed by atoms with E-state index in [2.05, 4.69) is 12.2 Å². The van der Waals surface area contributed by atoms with Crippen LogP contribution in [0.15, 0.2) is 34.7 Å². The molecule has 2 aliphatic rings. The van der Waals surface area contributed by atoms with E-state index < -0.39 is 5.54 Å². The largest absolute Gasteiger partial charge is 0.460 e. The average molecular weight is 448 g/mol. The van der Waals surface area contributed by atoms with Crippen LogP contribution in [0.3, 0.4) is 0 Å². The second-order valence-electron chi connectivity index (χ2n) is 10.1. The Bertz CT molecular complexity index is 1230. The first-order valence-corrected chi connectivity index (χ1v) is 12.1. The minimum absolute atomic E-state index is 0.0892. The molecule has 5 rings (SSSR count). The average Bonchev–Trinajstić information content (AvgIpc) is 3.16. The van der Waals surface area contributed by atoms with Crippen LogP contribution in [0.4, 0.5) is 5.69 Å². The van der Waals surface area contributed by atoms with Crippen molar-refractivity contribution >= 4 is 28.6 Å². The lowest BCUT2D eigenvalue weighted by molar-refractivity contribution is -0.127. The number of furan rings is 1. The lowest BCUT2D eigenvalue weighted by Gasteiger charge is -2.44. The van der Waals surface area contributed by atoms with Crippen molar-refractivity contribution in [1.29, 1.82) is 0 Å². The molecule has 3 aromatic rings. The van der Waals surface area contributed by atoms with E-state index in [1.807, 2.05) is 55.7 Å². The van der Waals surface area contributed by atoms with Crippen molar-refractivity contribution in [2.24, 2.45) is 0 Å². The molecule has 1 aliphatic carbocycles.